The van der Waals surface area contributed by atoms with Gasteiger partial charge >= 0.3 is 6.03 Å². The van der Waals surface area contributed by atoms with Gasteiger partial charge < -0.3 is 19.2 Å². The third kappa shape index (κ3) is 3.31. The molecule has 3 aliphatic heterocycles. The molecule has 8 nitrogen and oxygen atoms in total. The van der Waals surface area contributed by atoms with Gasteiger partial charge in [-0.15, -0.1) is 0 Å². The van der Waals surface area contributed by atoms with E-state index in [9.17, 15) is 4.79 Å². The summed E-state index contributed by atoms with van der Waals surface area (Å²) in [6.07, 6.45) is 7.72. The Morgan fingerprint density at radius 1 is 1.11 bits per heavy atom. The molecule has 0 radical (unpaired) electrons. The number of fused-ring (bicyclic) bond motifs is 2. The first-order valence-electron chi connectivity index (χ1n) is 9.52. The molecule has 2 unspecified atom stereocenters. The third-order valence-corrected chi connectivity index (χ3v) is 5.41. The topological polar surface area (TPSA) is 75.6 Å². The van der Waals surface area contributed by atoms with Gasteiger partial charge in [0.1, 0.15) is 0 Å². The predicted octanol–water partition coefficient (Wildman–Crippen LogP) is 1.70. The summed E-state index contributed by atoms with van der Waals surface area (Å²) in [6, 6.07) is 5.93. The van der Waals surface area contributed by atoms with Crippen molar-refractivity contribution in [2.45, 2.75) is 12.6 Å². The Kier molecular flexibility index (Phi) is 4.40. The fraction of sp³-hybridized carbons (Fsp3) is 0.400. The van der Waals surface area contributed by atoms with E-state index in [1.165, 1.54) is 5.56 Å². The van der Waals surface area contributed by atoms with Crippen molar-refractivity contribution < 1.29 is 19.1 Å². The lowest BCUT2D eigenvalue weighted by molar-refractivity contribution is 0.105. The number of nitrogens with one attached hydrogen (secondary N) is 1. The number of allylic oxidation sites excluding steroid dienone is 2. The first-order valence-corrected chi connectivity index (χ1v) is 9.52. The molecule has 1 fully saturated rings. The summed E-state index contributed by atoms with van der Waals surface area (Å²) in [6.45, 7) is 4.10. The minimum Gasteiger partial charge on any atom is -0.454 e. The van der Waals surface area contributed by atoms with Crippen LogP contribution in [0, 0.1) is 5.92 Å². The van der Waals surface area contributed by atoms with E-state index in [2.05, 4.69) is 21.4 Å². The highest BCUT2D eigenvalue weighted by atomic mass is 16.7. The molecule has 8 heteroatoms. The summed E-state index contributed by atoms with van der Waals surface area (Å²) in [5, 5.41) is 6.96. The van der Waals surface area contributed by atoms with E-state index in [0.29, 0.717) is 18.9 Å². The molecule has 5 rings (SSSR count). The number of benzene rings is 1. The number of amides is 2. The van der Waals surface area contributed by atoms with Crippen molar-refractivity contribution in [1.82, 2.24) is 15.1 Å². The Morgan fingerprint density at radius 2 is 1.93 bits per heavy atom. The molecule has 28 heavy (non-hydrogen) atoms. The maximum Gasteiger partial charge on any atom is 0.322 e. The van der Waals surface area contributed by atoms with Crippen LogP contribution in [-0.2, 0) is 11.4 Å². The van der Waals surface area contributed by atoms with Crippen LogP contribution >= 0.6 is 0 Å². The Bertz CT molecular complexity index is 858. The molecule has 4 aliphatic rings. The molecular weight excluding hydrogens is 360 g/mol. The number of carbonyl (C=O) groups excluding carboxylic acids is 1. The number of piperazine rings is 1. The maximum absolute atomic E-state index is 12.6. The molecule has 3 heterocycles. The van der Waals surface area contributed by atoms with Gasteiger partial charge in [-0.05, 0) is 23.8 Å². The second kappa shape index (κ2) is 7.20. The second-order valence-electron chi connectivity index (χ2n) is 7.22. The quantitative estimate of drug-likeness (QED) is 0.843. The van der Waals surface area contributed by atoms with E-state index in [0.717, 1.165) is 31.1 Å². The van der Waals surface area contributed by atoms with Crippen LogP contribution < -0.4 is 14.8 Å². The van der Waals surface area contributed by atoms with E-state index in [1.54, 1.807) is 0 Å². The molecule has 0 spiro atoms. The Labute approximate surface area is 163 Å². The minimum atomic E-state index is -0.117. The van der Waals surface area contributed by atoms with Crippen LogP contribution in [0.4, 0.5) is 4.79 Å². The lowest BCUT2D eigenvalue weighted by atomic mass is 9.97. The van der Waals surface area contributed by atoms with Gasteiger partial charge in [0.15, 0.2) is 23.4 Å². The number of hydrogen-bond acceptors (Lipinski definition) is 6. The Morgan fingerprint density at radius 3 is 2.82 bits per heavy atom. The average molecular weight is 382 g/mol. The summed E-state index contributed by atoms with van der Waals surface area (Å²) < 4.78 is 10.8. The molecule has 1 aromatic carbocycles. The first-order chi connectivity index (χ1) is 13.8. The molecule has 146 valence electrons. The second-order valence-corrected chi connectivity index (χ2v) is 7.22. The van der Waals surface area contributed by atoms with E-state index >= 15 is 0 Å². The van der Waals surface area contributed by atoms with Crippen molar-refractivity contribution in [2.75, 3.05) is 33.0 Å². The van der Waals surface area contributed by atoms with Gasteiger partial charge in [-0.2, -0.15) is 0 Å². The number of rotatable bonds is 2. The molecular formula is C20H22N4O4. The van der Waals surface area contributed by atoms with Gasteiger partial charge in [-0.25, -0.2) is 4.79 Å². The molecule has 2 amide bonds. The lowest BCUT2D eigenvalue weighted by Crippen LogP contribution is -2.53. The van der Waals surface area contributed by atoms with Gasteiger partial charge in [-0.1, -0.05) is 29.5 Å². The number of carbonyl (C=O) groups is 1. The number of hydrogen-bond donors (Lipinski definition) is 1. The van der Waals surface area contributed by atoms with Crippen molar-refractivity contribution in [1.29, 1.82) is 0 Å². The highest BCUT2D eigenvalue weighted by Gasteiger charge is 2.34. The summed E-state index contributed by atoms with van der Waals surface area (Å²) >= 11 is 0. The van der Waals surface area contributed by atoms with Crippen molar-refractivity contribution in [3.05, 3.63) is 48.1 Å². The number of ether oxygens (including phenoxy) is 2. The molecule has 2 atom stereocenters. The fourth-order valence-electron chi connectivity index (χ4n) is 3.81. The van der Waals surface area contributed by atoms with E-state index in [-0.39, 0.29) is 24.8 Å². The van der Waals surface area contributed by atoms with Gasteiger partial charge in [0.05, 0.1) is 5.92 Å². The number of amidine groups is 1. The molecule has 1 aliphatic carbocycles. The standard InChI is InChI=1S/C20H22N4O4/c25-20(21-19-15-3-1-2-4-16(15)28-22-19)24-9-7-23(8-10-24)12-14-5-6-17-18(11-14)27-13-26-17/h1-6,11,15-16H,7-10,12-13H2,(H,21,22,25). The van der Waals surface area contributed by atoms with E-state index in [4.69, 9.17) is 14.3 Å². The van der Waals surface area contributed by atoms with Crippen LogP contribution in [0.3, 0.4) is 0 Å². The maximum atomic E-state index is 12.6. The van der Waals surface area contributed by atoms with Gasteiger partial charge in [0.25, 0.3) is 0 Å². The number of urea groups is 1. The average Bonchev–Trinajstić information content (AvgIpc) is 3.35. The zero-order valence-electron chi connectivity index (χ0n) is 15.4. The normalized spacial score (nSPS) is 25.3. The summed E-state index contributed by atoms with van der Waals surface area (Å²) in [7, 11) is 0. The summed E-state index contributed by atoms with van der Waals surface area (Å²) in [5.74, 6) is 2.18. The summed E-state index contributed by atoms with van der Waals surface area (Å²) in [4.78, 5) is 22.1. The molecule has 1 aromatic rings. The lowest BCUT2D eigenvalue weighted by Gasteiger charge is -2.34. The predicted molar refractivity (Wildman–Crippen MR) is 102 cm³/mol. The Balaban J connectivity index is 1.12. The van der Waals surface area contributed by atoms with E-state index < -0.39 is 0 Å². The number of oxime groups is 1. The monoisotopic (exact) mass is 382 g/mol. The summed E-state index contributed by atoms with van der Waals surface area (Å²) in [5.41, 5.74) is 1.18. The van der Waals surface area contributed by atoms with Gasteiger partial charge in [0.2, 0.25) is 6.79 Å². The highest BCUT2D eigenvalue weighted by Crippen LogP contribution is 2.32. The first kappa shape index (κ1) is 17.1. The van der Waals surface area contributed by atoms with Crippen LogP contribution in [-0.4, -0.2) is 60.7 Å². The van der Waals surface area contributed by atoms with Crippen LogP contribution in [0.15, 0.2) is 47.7 Å². The number of nitrogens with zero attached hydrogens (tertiary/aromatic N) is 3. The zero-order chi connectivity index (χ0) is 18.9. The highest BCUT2D eigenvalue weighted by molar-refractivity contribution is 6.00. The molecule has 0 aromatic heterocycles. The van der Waals surface area contributed by atoms with Crippen LogP contribution in [0.1, 0.15) is 5.56 Å². The minimum absolute atomic E-state index is 0.0127. The van der Waals surface area contributed by atoms with Crippen molar-refractivity contribution in [3.63, 3.8) is 0 Å². The van der Waals surface area contributed by atoms with Crippen molar-refractivity contribution >= 4 is 11.9 Å². The molecule has 0 bridgehead atoms. The largest absolute Gasteiger partial charge is 0.454 e. The SMILES string of the molecule is O=C(NC1=NOC2C=CC=CC12)N1CCN(Cc2ccc3c(c2)OCO3)CC1. The van der Waals surface area contributed by atoms with Crippen molar-refractivity contribution in [3.8, 4) is 11.5 Å². The third-order valence-electron chi connectivity index (χ3n) is 5.41. The fourth-order valence-corrected chi connectivity index (χ4v) is 3.81. The Hall–Kier alpha value is -3.00. The van der Waals surface area contributed by atoms with Gasteiger partial charge in [-0.3, -0.25) is 10.2 Å². The zero-order valence-corrected chi connectivity index (χ0v) is 15.4. The molecule has 1 N–H and O–H groups in total. The van der Waals surface area contributed by atoms with Crippen LogP contribution in [0.25, 0.3) is 0 Å². The smallest absolute Gasteiger partial charge is 0.322 e. The van der Waals surface area contributed by atoms with Crippen LogP contribution in [0.5, 0.6) is 11.5 Å². The van der Waals surface area contributed by atoms with Gasteiger partial charge in [0, 0.05) is 32.7 Å². The van der Waals surface area contributed by atoms with Crippen LogP contribution in [0.2, 0.25) is 0 Å². The molecule has 1 saturated heterocycles. The van der Waals surface area contributed by atoms with Crippen molar-refractivity contribution in [2.24, 2.45) is 11.1 Å². The molecule has 0 saturated carbocycles. The van der Waals surface area contributed by atoms with E-state index in [1.807, 2.05) is 41.3 Å².